The summed E-state index contributed by atoms with van der Waals surface area (Å²) in [4.78, 5) is 37.5. The Kier molecular flexibility index (Phi) is 27.9. The van der Waals surface area contributed by atoms with E-state index in [9.17, 15) is 19.0 Å². The lowest BCUT2D eigenvalue weighted by molar-refractivity contribution is -0.870. The molecule has 53 heavy (non-hydrogen) atoms. The van der Waals surface area contributed by atoms with Gasteiger partial charge in [-0.15, -0.1) is 12.3 Å². The van der Waals surface area contributed by atoms with Crippen LogP contribution in [0.5, 0.6) is 0 Å². The van der Waals surface area contributed by atoms with E-state index in [4.69, 9.17) is 24.9 Å². The van der Waals surface area contributed by atoms with Crippen LogP contribution in [0.2, 0.25) is 0 Å². The van der Waals surface area contributed by atoms with Crippen LogP contribution in [0, 0.1) is 12.3 Å². The fourth-order valence-electron chi connectivity index (χ4n) is 5.85. The Hall–Kier alpha value is -2.09. The molecule has 1 unspecified atom stereocenters. The van der Waals surface area contributed by atoms with E-state index in [1.807, 2.05) is 21.1 Å². The second-order valence-electron chi connectivity index (χ2n) is 15.6. The highest BCUT2D eigenvalue weighted by atomic mass is 31.2. The van der Waals surface area contributed by atoms with Crippen molar-refractivity contribution in [1.82, 2.24) is 0 Å². The summed E-state index contributed by atoms with van der Waals surface area (Å²) in [7, 11) is 1.12. The summed E-state index contributed by atoms with van der Waals surface area (Å²) in [6, 6.07) is 0. The molecule has 11 nitrogen and oxygen atoms in total. The van der Waals surface area contributed by atoms with Crippen molar-refractivity contribution in [2.24, 2.45) is 10.2 Å². The number of unbranched alkanes of at least 4 members (excludes halogenated alkanes) is 17. The van der Waals surface area contributed by atoms with Crippen LogP contribution in [0.3, 0.4) is 0 Å². The summed E-state index contributed by atoms with van der Waals surface area (Å²) in [5.74, 6) is 1.78. The molecule has 0 aromatic carbocycles. The zero-order valence-corrected chi connectivity index (χ0v) is 34.8. The lowest BCUT2D eigenvalue weighted by Gasteiger charge is -2.28. The van der Waals surface area contributed by atoms with Gasteiger partial charge in [-0.05, 0) is 64.2 Å². The molecule has 306 valence electrons. The first-order chi connectivity index (χ1) is 25.4. The van der Waals surface area contributed by atoms with Crippen LogP contribution in [0.15, 0.2) is 22.4 Å². The maximum atomic E-state index is 12.6. The van der Waals surface area contributed by atoms with E-state index in [1.54, 1.807) is 0 Å². The van der Waals surface area contributed by atoms with Crippen molar-refractivity contribution in [1.29, 1.82) is 0 Å². The molecule has 1 aliphatic rings. The Bertz CT molecular complexity index is 1110. The number of carbonyl (C=O) groups excluding carboxylic acids is 2. The highest BCUT2D eigenvalue weighted by Crippen LogP contribution is 2.39. The zero-order valence-electron chi connectivity index (χ0n) is 33.9. The van der Waals surface area contributed by atoms with Crippen LogP contribution in [0.1, 0.15) is 167 Å². The summed E-state index contributed by atoms with van der Waals surface area (Å²) in [5.41, 5.74) is -0.176. The number of allylic oxidation sites excluding steroid dienone is 2. The molecule has 1 heterocycles. The van der Waals surface area contributed by atoms with Crippen LogP contribution >= 0.6 is 7.82 Å². The molecule has 0 N–H and O–H groups in total. The maximum Gasteiger partial charge on any atom is 0.306 e. The molecule has 0 spiro atoms. The first-order valence-corrected chi connectivity index (χ1v) is 22.1. The summed E-state index contributed by atoms with van der Waals surface area (Å²) in [5, 5.41) is 8.47. The molecular formula is C41H74N3O8P. The van der Waals surface area contributed by atoms with Gasteiger partial charge in [0.05, 0.1) is 27.7 Å². The Balaban J connectivity index is 2.31. The zero-order chi connectivity index (χ0) is 39.1. The number of hydrogen-bond donors (Lipinski definition) is 0. The molecule has 1 rings (SSSR count). The predicted molar refractivity (Wildman–Crippen MR) is 210 cm³/mol. The third-order valence-corrected chi connectivity index (χ3v) is 10.3. The molecule has 0 saturated heterocycles. The van der Waals surface area contributed by atoms with E-state index >= 15 is 0 Å². The van der Waals surface area contributed by atoms with Gasteiger partial charge in [-0.25, -0.2) is 0 Å². The van der Waals surface area contributed by atoms with Gasteiger partial charge >= 0.3 is 11.9 Å². The SMILES string of the molecule is C#CCCCC1(CCCCCCCCC(=O)OC[C@H](COP(=O)([O-])OCC[N+](C)(C)C)OC(=O)CCCCCCC/C=C\CCCCCCCC)N=N1. The molecule has 0 aliphatic carbocycles. The molecule has 2 atom stereocenters. The van der Waals surface area contributed by atoms with Crippen LogP contribution < -0.4 is 4.89 Å². The van der Waals surface area contributed by atoms with E-state index in [0.29, 0.717) is 23.9 Å². The topological polar surface area (TPSA) is 136 Å². The van der Waals surface area contributed by atoms with E-state index in [0.717, 1.165) is 89.9 Å². The van der Waals surface area contributed by atoms with Crippen LogP contribution in [-0.4, -0.2) is 75.7 Å². The Morgan fingerprint density at radius 2 is 1.28 bits per heavy atom. The highest BCUT2D eigenvalue weighted by Gasteiger charge is 2.38. The summed E-state index contributed by atoms with van der Waals surface area (Å²) >= 11 is 0. The molecule has 0 saturated carbocycles. The number of quaternary nitrogens is 1. The maximum absolute atomic E-state index is 12.6. The molecule has 0 fully saturated rings. The lowest BCUT2D eigenvalue weighted by Crippen LogP contribution is -2.37. The van der Waals surface area contributed by atoms with Gasteiger partial charge in [0.2, 0.25) is 0 Å². The van der Waals surface area contributed by atoms with E-state index in [1.165, 1.54) is 44.9 Å². The van der Waals surface area contributed by atoms with Gasteiger partial charge in [0, 0.05) is 19.3 Å². The monoisotopic (exact) mass is 768 g/mol. The number of nitrogens with zero attached hydrogens (tertiary/aromatic N) is 3. The number of hydrogen-bond acceptors (Lipinski definition) is 10. The molecule has 0 aromatic rings. The molecular weight excluding hydrogens is 693 g/mol. The molecule has 0 amide bonds. The van der Waals surface area contributed by atoms with Gasteiger partial charge in [-0.3, -0.25) is 14.2 Å². The van der Waals surface area contributed by atoms with Gasteiger partial charge in [0.15, 0.2) is 11.8 Å². The molecule has 1 aliphatic heterocycles. The quantitative estimate of drug-likeness (QED) is 0.0152. The van der Waals surface area contributed by atoms with Crippen molar-refractivity contribution in [2.75, 3.05) is 47.5 Å². The normalized spacial score (nSPS) is 15.2. The lowest BCUT2D eigenvalue weighted by atomic mass is 9.98. The van der Waals surface area contributed by atoms with Crippen molar-refractivity contribution >= 4 is 19.8 Å². The van der Waals surface area contributed by atoms with Crippen LogP contribution in [0.25, 0.3) is 0 Å². The number of carbonyl (C=O) groups is 2. The Morgan fingerprint density at radius 1 is 0.755 bits per heavy atom. The van der Waals surface area contributed by atoms with E-state index in [-0.39, 0.29) is 31.7 Å². The van der Waals surface area contributed by atoms with E-state index in [2.05, 4.69) is 35.2 Å². The fourth-order valence-corrected chi connectivity index (χ4v) is 6.58. The number of phosphoric acid groups is 1. The van der Waals surface area contributed by atoms with Gasteiger partial charge in [-0.1, -0.05) is 96.1 Å². The van der Waals surface area contributed by atoms with Gasteiger partial charge in [0.1, 0.15) is 19.8 Å². The first-order valence-electron chi connectivity index (χ1n) is 20.7. The molecule has 0 aromatic heterocycles. The smallest absolute Gasteiger partial charge is 0.306 e. The number of likely N-dealkylation sites (N-methyl/N-ethyl adjacent to an activating group) is 1. The summed E-state index contributed by atoms with van der Waals surface area (Å²) in [6.07, 6.45) is 33.8. The average Bonchev–Trinajstić information content (AvgIpc) is 3.87. The van der Waals surface area contributed by atoms with Crippen molar-refractivity contribution in [2.45, 2.75) is 179 Å². The van der Waals surface area contributed by atoms with Crippen molar-refractivity contribution in [3.8, 4) is 12.3 Å². The molecule has 0 bridgehead atoms. The molecule has 0 radical (unpaired) electrons. The fraction of sp³-hybridized carbons (Fsp3) is 0.854. The van der Waals surface area contributed by atoms with Gasteiger partial charge in [0.25, 0.3) is 7.82 Å². The Morgan fingerprint density at radius 3 is 1.85 bits per heavy atom. The van der Waals surface area contributed by atoms with Gasteiger partial charge in [-0.2, -0.15) is 10.2 Å². The number of ether oxygens (including phenoxy) is 2. The van der Waals surface area contributed by atoms with E-state index < -0.39 is 32.5 Å². The minimum Gasteiger partial charge on any atom is -0.756 e. The minimum absolute atomic E-state index is 0.0429. The standard InChI is InChI=1S/C41H74N3O8P/c1-6-8-10-11-12-13-14-15-16-17-18-19-20-24-27-31-40(46)52-38(37-51-53(47,48)50-35-34-44(3,4)5)36-49-39(45)30-26-23-21-22-25-29-33-41(42-43-41)32-28-9-7-2/h2,15-16,38H,6,8-14,17-37H2,1,3-5H3/b16-15-/t38-/m1/s1. The largest absolute Gasteiger partial charge is 0.756 e. The number of phosphoric ester groups is 1. The number of rotatable bonds is 37. The van der Waals surface area contributed by atoms with Crippen molar-refractivity contribution in [3.63, 3.8) is 0 Å². The third kappa shape index (κ3) is 30.9. The first kappa shape index (κ1) is 48.9. The highest BCUT2D eigenvalue weighted by molar-refractivity contribution is 7.45. The number of esters is 2. The van der Waals surface area contributed by atoms with Gasteiger partial charge < -0.3 is 27.9 Å². The minimum atomic E-state index is -4.64. The summed E-state index contributed by atoms with van der Waals surface area (Å²) in [6.45, 7) is 1.90. The Labute approximate surface area is 322 Å². The second kappa shape index (κ2) is 30.2. The van der Waals surface area contributed by atoms with Crippen LogP contribution in [-0.2, 0) is 32.7 Å². The second-order valence-corrected chi connectivity index (χ2v) is 17.0. The third-order valence-electron chi connectivity index (χ3n) is 9.29. The molecule has 12 heteroatoms. The van der Waals surface area contributed by atoms with Crippen molar-refractivity contribution < 1.29 is 42.1 Å². The van der Waals surface area contributed by atoms with Crippen molar-refractivity contribution in [3.05, 3.63) is 12.2 Å². The average molecular weight is 768 g/mol. The van der Waals surface area contributed by atoms with Crippen LogP contribution in [0.4, 0.5) is 0 Å². The summed E-state index contributed by atoms with van der Waals surface area (Å²) < 4.78 is 33.8. The predicted octanol–water partition coefficient (Wildman–Crippen LogP) is 9.77. The number of terminal acetylenes is 1.